The van der Waals surface area contributed by atoms with E-state index in [1.165, 1.54) is 13.8 Å². The van der Waals surface area contributed by atoms with E-state index in [0.717, 1.165) is 0 Å². The molecule has 0 N–H and O–H groups in total. The number of carbonyl (C=O) groups excluding carboxylic acids is 1. The number of Topliss-reactive ketones (excluding diaryl/α,β-unsaturated/α-hetero) is 1. The average molecular weight is 773 g/mol. The maximum atomic E-state index is 14.8. The Kier molecular flexibility index (Phi) is 14.9. The van der Waals surface area contributed by atoms with E-state index in [2.05, 4.69) is 3.63 Å². The predicted octanol–water partition coefficient (Wildman–Crippen LogP) is 10.2. The molecular formula is C24H33F17O4S2. The molecule has 0 aliphatic rings. The van der Waals surface area contributed by atoms with Gasteiger partial charge >= 0.3 is 57.1 Å². The van der Waals surface area contributed by atoms with Crippen molar-refractivity contribution in [3.8, 4) is 0 Å². The van der Waals surface area contributed by atoms with E-state index in [-0.39, 0.29) is 38.5 Å². The standard InChI is InChI=1S/C24H33F17O4S2/c1-4-7-10-11-12-16(42)15-46(13-8-5-2,14-9-6-3)45-47(43,44)24(40,41)22(35,36)20(31,32)18(27,28)17(25,26)19(29,30)21(33,34)23(37,38)39/h4-15H2,1-3H3. The molecule has 0 aliphatic heterocycles. The molecule has 0 radical (unpaired) electrons. The summed E-state index contributed by atoms with van der Waals surface area (Å²) in [6, 6.07) is 0. The second kappa shape index (κ2) is 15.3. The molecule has 47 heavy (non-hydrogen) atoms. The molecule has 0 aromatic heterocycles. The fraction of sp³-hybridized carbons (Fsp3) is 0.958. The zero-order chi connectivity index (χ0) is 37.8. The zero-order valence-corrected chi connectivity index (χ0v) is 26.5. The van der Waals surface area contributed by atoms with Crippen molar-refractivity contribution in [3.05, 3.63) is 0 Å². The Balaban J connectivity index is 7.07. The summed E-state index contributed by atoms with van der Waals surface area (Å²) in [5.74, 6) is -55.4. The van der Waals surface area contributed by atoms with Crippen LogP contribution in [-0.4, -0.2) is 78.4 Å². The predicted molar refractivity (Wildman–Crippen MR) is 136 cm³/mol. The van der Waals surface area contributed by atoms with Gasteiger partial charge in [0.05, 0.1) is 5.75 Å². The normalized spacial score (nSPS) is 15.7. The van der Waals surface area contributed by atoms with Gasteiger partial charge in [0, 0.05) is 17.9 Å². The Labute approximate surface area is 260 Å². The quantitative estimate of drug-likeness (QED) is 0.0813. The van der Waals surface area contributed by atoms with Crippen molar-refractivity contribution in [1.82, 2.24) is 0 Å². The highest BCUT2D eigenvalue weighted by Gasteiger charge is 2.96. The van der Waals surface area contributed by atoms with Crippen LogP contribution in [-0.2, 0) is 18.5 Å². The first-order chi connectivity index (χ1) is 20.8. The highest BCUT2D eigenvalue weighted by molar-refractivity contribution is 8.33. The largest absolute Gasteiger partial charge is 0.460 e. The number of rotatable bonds is 22. The van der Waals surface area contributed by atoms with Gasteiger partial charge in [-0.25, -0.2) is 3.63 Å². The third-order valence-electron chi connectivity index (χ3n) is 6.71. The van der Waals surface area contributed by atoms with E-state index in [9.17, 15) is 87.8 Å². The molecule has 4 nitrogen and oxygen atoms in total. The molecule has 0 aliphatic carbocycles. The van der Waals surface area contributed by atoms with Crippen molar-refractivity contribution in [3.63, 3.8) is 0 Å². The van der Waals surface area contributed by atoms with Crippen molar-refractivity contribution < 1.29 is 91.5 Å². The van der Waals surface area contributed by atoms with Crippen LogP contribution in [0.5, 0.6) is 0 Å². The molecule has 0 unspecified atom stereocenters. The Hall–Kier alpha value is -1.26. The van der Waals surface area contributed by atoms with Gasteiger partial charge in [-0.2, -0.15) is 83.1 Å². The highest BCUT2D eigenvalue weighted by atomic mass is 32.3. The summed E-state index contributed by atoms with van der Waals surface area (Å²) in [5.41, 5.74) is 0. The van der Waals surface area contributed by atoms with Crippen LogP contribution in [0.1, 0.15) is 78.6 Å². The summed E-state index contributed by atoms with van der Waals surface area (Å²) < 4.78 is 262. The molecule has 0 saturated carbocycles. The number of ketones is 1. The van der Waals surface area contributed by atoms with E-state index in [0.29, 0.717) is 19.3 Å². The lowest BCUT2D eigenvalue weighted by atomic mass is 9.91. The van der Waals surface area contributed by atoms with Crippen molar-refractivity contribution in [2.24, 2.45) is 0 Å². The number of unbranched alkanes of at least 4 members (excludes halogenated alkanes) is 5. The third-order valence-corrected chi connectivity index (χ3v) is 12.4. The van der Waals surface area contributed by atoms with Crippen LogP contribution < -0.4 is 0 Å². The molecule has 23 heteroatoms. The maximum absolute atomic E-state index is 14.8. The highest BCUT2D eigenvalue weighted by Crippen LogP contribution is 2.65. The van der Waals surface area contributed by atoms with Crippen molar-refractivity contribution in [1.29, 1.82) is 0 Å². The van der Waals surface area contributed by atoms with Crippen molar-refractivity contribution in [2.45, 2.75) is 126 Å². The summed E-state index contributed by atoms with van der Waals surface area (Å²) in [4.78, 5) is 12.6. The molecule has 0 spiro atoms. The first kappa shape index (κ1) is 45.7. The number of carbonyl (C=O) groups is 1. The van der Waals surface area contributed by atoms with Gasteiger partial charge in [0.25, 0.3) is 0 Å². The van der Waals surface area contributed by atoms with Crippen molar-refractivity contribution in [2.75, 3.05) is 17.3 Å². The van der Waals surface area contributed by atoms with Crippen LogP contribution in [0.2, 0.25) is 0 Å². The minimum Gasteiger partial charge on any atom is -0.299 e. The van der Waals surface area contributed by atoms with Gasteiger partial charge in [-0.3, -0.25) is 4.79 Å². The molecular weight excluding hydrogens is 739 g/mol. The van der Waals surface area contributed by atoms with E-state index in [4.69, 9.17) is 0 Å². The first-order valence-electron chi connectivity index (χ1n) is 13.7. The van der Waals surface area contributed by atoms with E-state index in [1.807, 2.05) is 0 Å². The molecule has 0 aromatic carbocycles. The molecule has 0 heterocycles. The van der Waals surface area contributed by atoms with E-state index < -0.39 is 90.4 Å². The minimum atomic E-state index is -8.93. The van der Waals surface area contributed by atoms with Crippen LogP contribution in [0.3, 0.4) is 0 Å². The fourth-order valence-corrected chi connectivity index (χ4v) is 9.70. The van der Waals surface area contributed by atoms with Gasteiger partial charge in [-0.05, 0) is 19.3 Å². The van der Waals surface area contributed by atoms with Crippen molar-refractivity contribution >= 4 is 26.2 Å². The van der Waals surface area contributed by atoms with Crippen LogP contribution in [0.4, 0.5) is 74.6 Å². The van der Waals surface area contributed by atoms with Crippen LogP contribution in [0, 0.1) is 0 Å². The lowest BCUT2D eigenvalue weighted by Crippen LogP contribution is -2.75. The minimum absolute atomic E-state index is 0.0949. The molecule has 0 rings (SSSR count). The van der Waals surface area contributed by atoms with Crippen LogP contribution in [0.15, 0.2) is 0 Å². The summed E-state index contributed by atoms with van der Waals surface area (Å²) in [5, 5.41) is -7.77. The molecule has 0 fully saturated rings. The fourth-order valence-electron chi connectivity index (χ4n) is 3.81. The van der Waals surface area contributed by atoms with E-state index >= 15 is 0 Å². The molecule has 0 saturated heterocycles. The zero-order valence-electron chi connectivity index (χ0n) is 24.9. The Morgan fingerprint density at radius 2 is 0.872 bits per heavy atom. The summed E-state index contributed by atoms with van der Waals surface area (Å²) in [6.45, 7) is 4.63. The number of alkyl halides is 17. The van der Waals surface area contributed by atoms with Gasteiger partial charge in [-0.1, -0.05) is 52.9 Å². The maximum Gasteiger partial charge on any atom is 0.460 e. The van der Waals surface area contributed by atoms with Gasteiger partial charge < -0.3 is 0 Å². The third kappa shape index (κ3) is 8.56. The first-order valence-corrected chi connectivity index (χ1v) is 17.2. The molecule has 0 bridgehead atoms. The second-order valence-corrected chi connectivity index (χ2v) is 15.6. The number of hydrogen-bond acceptors (Lipinski definition) is 4. The van der Waals surface area contributed by atoms with Gasteiger partial charge in [0.1, 0.15) is 5.78 Å². The number of halogens is 17. The Morgan fingerprint density at radius 1 is 0.511 bits per heavy atom. The molecule has 0 aromatic rings. The van der Waals surface area contributed by atoms with Crippen LogP contribution in [0.25, 0.3) is 0 Å². The molecule has 284 valence electrons. The summed E-state index contributed by atoms with van der Waals surface area (Å²) >= 11 is 0. The Morgan fingerprint density at radius 3 is 1.23 bits per heavy atom. The topological polar surface area (TPSA) is 60.4 Å². The van der Waals surface area contributed by atoms with Crippen LogP contribution >= 0.6 is 10.3 Å². The lowest BCUT2D eigenvalue weighted by molar-refractivity contribution is -0.458. The van der Waals surface area contributed by atoms with E-state index in [1.54, 1.807) is 6.92 Å². The smallest absolute Gasteiger partial charge is 0.299 e. The second-order valence-electron chi connectivity index (χ2n) is 10.6. The summed E-state index contributed by atoms with van der Waals surface area (Å²) in [7, 11) is -11.7. The monoisotopic (exact) mass is 772 g/mol. The lowest BCUT2D eigenvalue weighted by Gasteiger charge is -2.43. The van der Waals surface area contributed by atoms with Gasteiger partial charge in [0.2, 0.25) is 0 Å². The summed E-state index contributed by atoms with van der Waals surface area (Å²) in [6.07, 6.45) is -6.51. The number of hydrogen-bond donors (Lipinski definition) is 0. The Bertz CT molecular complexity index is 1130. The average Bonchev–Trinajstić information content (AvgIpc) is 2.91. The molecule has 0 amide bonds. The SMILES string of the molecule is CCCCCCC(=O)CS(CCCC)(CCCC)OS(=O)(=O)C(F)(F)C(F)(F)C(F)(F)C(F)(F)C(F)(F)C(F)(F)C(F)(F)C(F)(F)F. The molecule has 0 atom stereocenters. The van der Waals surface area contributed by atoms with Gasteiger partial charge in [-0.15, -0.1) is 10.3 Å². The van der Waals surface area contributed by atoms with Gasteiger partial charge in [0.15, 0.2) is 0 Å².